The minimum absolute atomic E-state index is 0.00907. The summed E-state index contributed by atoms with van der Waals surface area (Å²) in [7, 11) is 1.83. The van der Waals surface area contributed by atoms with Crippen LogP contribution in [0.15, 0.2) is 22.7 Å². The summed E-state index contributed by atoms with van der Waals surface area (Å²) in [6.07, 6.45) is 0. The zero-order valence-corrected chi connectivity index (χ0v) is 13.8. The summed E-state index contributed by atoms with van der Waals surface area (Å²) in [5.41, 5.74) is 0.693. The summed E-state index contributed by atoms with van der Waals surface area (Å²) in [6, 6.07) is 5.39. The van der Waals surface area contributed by atoms with Gasteiger partial charge in [-0.05, 0) is 46.5 Å². The van der Waals surface area contributed by atoms with Crippen LogP contribution in [-0.4, -0.2) is 23.9 Å². The second kappa shape index (κ2) is 5.62. The van der Waals surface area contributed by atoms with Crippen LogP contribution in [0.25, 0.3) is 0 Å². The number of carbonyl (C=O) groups excluding carboxylic acids is 1. The highest BCUT2D eigenvalue weighted by Gasteiger charge is 2.27. The molecule has 0 radical (unpaired) electrons. The molecule has 0 saturated carbocycles. The zero-order valence-electron chi connectivity index (χ0n) is 11.4. The van der Waals surface area contributed by atoms with Crippen molar-refractivity contribution in [1.29, 1.82) is 0 Å². The fraction of sp³-hybridized carbons (Fsp3) is 0.500. The average molecular weight is 333 g/mol. The van der Waals surface area contributed by atoms with Crippen molar-refractivity contribution < 1.29 is 4.79 Å². The van der Waals surface area contributed by atoms with E-state index >= 15 is 0 Å². The number of halogens is 2. The molecular formula is C14H19BrClNO. The predicted molar refractivity (Wildman–Crippen MR) is 80.2 cm³/mol. The molecule has 1 unspecified atom stereocenters. The highest BCUT2D eigenvalue weighted by molar-refractivity contribution is 9.10. The highest BCUT2D eigenvalue weighted by Crippen LogP contribution is 2.27. The van der Waals surface area contributed by atoms with Crippen molar-refractivity contribution in [2.75, 3.05) is 7.05 Å². The van der Waals surface area contributed by atoms with Gasteiger partial charge in [-0.3, -0.25) is 4.79 Å². The maximum atomic E-state index is 12.4. The van der Waals surface area contributed by atoms with Crippen molar-refractivity contribution in [3.05, 3.63) is 33.3 Å². The molecule has 100 valence electrons. The van der Waals surface area contributed by atoms with Gasteiger partial charge in [-0.15, -0.1) is 0 Å². The van der Waals surface area contributed by atoms with Crippen LogP contribution in [0.3, 0.4) is 0 Å². The van der Waals surface area contributed by atoms with E-state index in [0.29, 0.717) is 10.6 Å². The Morgan fingerprint density at radius 1 is 1.39 bits per heavy atom. The molecule has 1 rings (SSSR count). The Bertz CT molecular complexity index is 454. The van der Waals surface area contributed by atoms with Gasteiger partial charge in [0, 0.05) is 23.1 Å². The van der Waals surface area contributed by atoms with Crippen molar-refractivity contribution in [2.45, 2.75) is 33.7 Å². The first-order chi connectivity index (χ1) is 8.14. The third-order valence-electron chi connectivity index (χ3n) is 3.32. The number of rotatable bonds is 2. The van der Waals surface area contributed by atoms with Gasteiger partial charge in [0.15, 0.2) is 0 Å². The van der Waals surface area contributed by atoms with Crippen LogP contribution in [-0.2, 0) is 0 Å². The van der Waals surface area contributed by atoms with Gasteiger partial charge in [-0.2, -0.15) is 0 Å². The van der Waals surface area contributed by atoms with Gasteiger partial charge in [0.2, 0.25) is 0 Å². The molecule has 0 saturated heterocycles. The summed E-state index contributed by atoms with van der Waals surface area (Å²) in [4.78, 5) is 14.1. The number of hydrogen-bond acceptors (Lipinski definition) is 1. The molecule has 1 atom stereocenters. The van der Waals surface area contributed by atoms with Crippen LogP contribution >= 0.6 is 27.5 Å². The first-order valence-electron chi connectivity index (χ1n) is 5.87. The quantitative estimate of drug-likeness (QED) is 0.774. The Labute approximate surface area is 122 Å². The van der Waals surface area contributed by atoms with E-state index in [9.17, 15) is 4.79 Å². The van der Waals surface area contributed by atoms with E-state index in [4.69, 9.17) is 11.6 Å². The first-order valence-corrected chi connectivity index (χ1v) is 7.04. The third-order valence-corrected chi connectivity index (χ3v) is 4.54. The van der Waals surface area contributed by atoms with Crippen molar-refractivity contribution in [3.8, 4) is 0 Å². The largest absolute Gasteiger partial charge is 0.338 e. The normalized spacial score (nSPS) is 13.3. The lowest BCUT2D eigenvalue weighted by Gasteiger charge is -2.35. The lowest BCUT2D eigenvalue weighted by molar-refractivity contribution is 0.0629. The summed E-state index contributed by atoms with van der Waals surface area (Å²) in [6.45, 7) is 8.43. The van der Waals surface area contributed by atoms with Gasteiger partial charge >= 0.3 is 0 Å². The Morgan fingerprint density at radius 3 is 2.39 bits per heavy atom. The number of nitrogens with zero attached hydrogens (tertiary/aromatic N) is 1. The molecule has 1 aromatic carbocycles. The molecule has 1 amide bonds. The van der Waals surface area contributed by atoms with Gasteiger partial charge < -0.3 is 4.90 Å². The van der Waals surface area contributed by atoms with Crippen LogP contribution in [0.1, 0.15) is 38.1 Å². The minimum Gasteiger partial charge on any atom is -0.338 e. The summed E-state index contributed by atoms with van der Waals surface area (Å²) in [5.74, 6) is 0.00907. The van der Waals surface area contributed by atoms with Crippen molar-refractivity contribution >= 4 is 33.4 Å². The summed E-state index contributed by atoms with van der Waals surface area (Å²) >= 11 is 9.27. The second-order valence-corrected chi connectivity index (χ2v) is 6.85. The summed E-state index contributed by atoms with van der Waals surface area (Å²) in [5, 5.41) is 0.609. The third kappa shape index (κ3) is 3.48. The summed E-state index contributed by atoms with van der Waals surface area (Å²) < 4.78 is 0.742. The predicted octanol–water partition coefficient (Wildman–Crippen LogP) is 4.61. The van der Waals surface area contributed by atoms with Gasteiger partial charge in [-0.1, -0.05) is 32.4 Å². The van der Waals surface area contributed by atoms with Crippen molar-refractivity contribution in [3.63, 3.8) is 0 Å². The molecule has 4 heteroatoms. The number of carbonyl (C=O) groups is 1. The van der Waals surface area contributed by atoms with Gasteiger partial charge in [0.25, 0.3) is 5.91 Å². The maximum Gasteiger partial charge on any atom is 0.253 e. The minimum atomic E-state index is 0.00907. The topological polar surface area (TPSA) is 20.3 Å². The van der Waals surface area contributed by atoms with E-state index in [1.165, 1.54) is 0 Å². The average Bonchev–Trinajstić information content (AvgIpc) is 2.28. The molecule has 0 aromatic heterocycles. The molecule has 1 aromatic rings. The molecule has 0 fully saturated rings. The molecule has 0 bridgehead atoms. The molecular weight excluding hydrogens is 314 g/mol. The number of amides is 1. The highest BCUT2D eigenvalue weighted by atomic mass is 79.9. The fourth-order valence-corrected chi connectivity index (χ4v) is 2.09. The first kappa shape index (κ1) is 15.5. The molecule has 18 heavy (non-hydrogen) atoms. The molecule has 0 N–H and O–H groups in total. The molecule has 0 aliphatic rings. The van der Waals surface area contributed by atoms with Gasteiger partial charge in [0.1, 0.15) is 0 Å². The molecule has 0 heterocycles. The molecule has 2 nitrogen and oxygen atoms in total. The molecule has 0 spiro atoms. The zero-order chi connectivity index (χ0) is 14.1. The van der Waals surface area contributed by atoms with Crippen LogP contribution in [0, 0.1) is 5.41 Å². The van der Waals surface area contributed by atoms with E-state index < -0.39 is 0 Å². The fourth-order valence-electron chi connectivity index (χ4n) is 1.59. The Kier molecular flexibility index (Phi) is 4.84. The van der Waals surface area contributed by atoms with Gasteiger partial charge in [0.05, 0.1) is 5.02 Å². The SMILES string of the molecule is CC(N(C)C(=O)c1ccc(Cl)c(Br)c1)C(C)(C)C. The van der Waals surface area contributed by atoms with Crippen molar-refractivity contribution in [2.24, 2.45) is 5.41 Å². The lowest BCUT2D eigenvalue weighted by Crippen LogP contribution is -2.42. The Morgan fingerprint density at radius 2 is 1.94 bits per heavy atom. The second-order valence-electron chi connectivity index (χ2n) is 5.59. The van der Waals surface area contributed by atoms with E-state index in [0.717, 1.165) is 4.47 Å². The maximum absolute atomic E-state index is 12.4. The van der Waals surface area contributed by atoms with E-state index in [1.807, 2.05) is 7.05 Å². The van der Waals surface area contributed by atoms with Crippen molar-refractivity contribution in [1.82, 2.24) is 4.90 Å². The molecule has 0 aliphatic heterocycles. The van der Waals surface area contributed by atoms with E-state index in [-0.39, 0.29) is 17.4 Å². The van der Waals surface area contributed by atoms with Crippen LogP contribution in [0.5, 0.6) is 0 Å². The lowest BCUT2D eigenvalue weighted by atomic mass is 9.87. The Balaban J connectivity index is 2.97. The van der Waals surface area contributed by atoms with Gasteiger partial charge in [-0.25, -0.2) is 0 Å². The Hall–Kier alpha value is -0.540. The molecule has 0 aliphatic carbocycles. The van der Waals surface area contributed by atoms with Crippen LogP contribution in [0.2, 0.25) is 5.02 Å². The van der Waals surface area contributed by atoms with E-state index in [1.54, 1.807) is 23.1 Å². The standard InChI is InChI=1S/C14H19BrClNO/c1-9(14(2,3)4)17(5)13(18)10-6-7-12(16)11(15)8-10/h6-9H,1-5H3. The smallest absolute Gasteiger partial charge is 0.253 e. The number of hydrogen-bond donors (Lipinski definition) is 0. The van der Waals surface area contributed by atoms with Crippen LogP contribution in [0.4, 0.5) is 0 Å². The monoisotopic (exact) mass is 331 g/mol. The van der Waals surface area contributed by atoms with Crippen LogP contribution < -0.4 is 0 Å². The number of benzene rings is 1. The van der Waals surface area contributed by atoms with E-state index in [2.05, 4.69) is 43.6 Å².